The monoisotopic (exact) mass is 239 g/mol. The zero-order valence-corrected chi connectivity index (χ0v) is 11.0. The Balaban J connectivity index is 2.07. The molecule has 0 spiro atoms. The molecule has 0 bridgehead atoms. The van der Waals surface area contributed by atoms with E-state index in [1.54, 1.807) is 0 Å². The smallest absolute Gasteiger partial charge is 0.238 e. The molecule has 4 nitrogen and oxygen atoms in total. The second kappa shape index (κ2) is 5.36. The highest BCUT2D eigenvalue weighted by atomic mass is 16.1. The lowest BCUT2D eigenvalue weighted by Gasteiger charge is -2.48. The minimum Gasteiger partial charge on any atom is -0.368 e. The summed E-state index contributed by atoms with van der Waals surface area (Å²) in [5.74, 6) is -0.102. The Morgan fingerprint density at radius 2 is 1.71 bits per heavy atom. The molecule has 0 aromatic heterocycles. The van der Waals surface area contributed by atoms with Crippen LogP contribution in [0, 0.1) is 0 Å². The van der Waals surface area contributed by atoms with Gasteiger partial charge in [-0.15, -0.1) is 0 Å². The van der Waals surface area contributed by atoms with E-state index in [1.807, 2.05) is 0 Å². The number of rotatable bonds is 3. The molecule has 17 heavy (non-hydrogen) atoms. The van der Waals surface area contributed by atoms with Gasteiger partial charge in [0.1, 0.15) is 5.54 Å². The van der Waals surface area contributed by atoms with Crippen LogP contribution in [0.15, 0.2) is 0 Å². The van der Waals surface area contributed by atoms with Crippen LogP contribution in [0.5, 0.6) is 0 Å². The summed E-state index contributed by atoms with van der Waals surface area (Å²) in [7, 11) is 0. The standard InChI is InChI=1S/C13H25N3O/c1-2-15-10-6-13(7-11-15,12(14)17)16-8-4-3-5-9-16/h2-11H2,1H3,(H2,14,17). The summed E-state index contributed by atoms with van der Waals surface area (Å²) in [5.41, 5.74) is 5.38. The summed E-state index contributed by atoms with van der Waals surface area (Å²) in [6.45, 7) is 7.38. The molecule has 2 aliphatic rings. The average Bonchev–Trinajstić information content (AvgIpc) is 2.39. The van der Waals surface area contributed by atoms with Crippen LogP contribution in [0.1, 0.15) is 39.0 Å². The molecular formula is C13H25N3O. The van der Waals surface area contributed by atoms with Gasteiger partial charge in [0.05, 0.1) is 0 Å². The normalized spacial score (nSPS) is 26.9. The number of hydrogen-bond donors (Lipinski definition) is 1. The summed E-state index contributed by atoms with van der Waals surface area (Å²) in [6.07, 6.45) is 5.55. The van der Waals surface area contributed by atoms with Crippen molar-refractivity contribution in [1.82, 2.24) is 9.80 Å². The Morgan fingerprint density at radius 3 is 2.18 bits per heavy atom. The lowest BCUT2D eigenvalue weighted by atomic mass is 9.83. The van der Waals surface area contributed by atoms with Crippen LogP contribution in [0.25, 0.3) is 0 Å². The third-order valence-corrected chi connectivity index (χ3v) is 4.55. The molecule has 0 aromatic carbocycles. The van der Waals surface area contributed by atoms with Crippen molar-refractivity contribution in [2.75, 3.05) is 32.7 Å². The van der Waals surface area contributed by atoms with Crippen molar-refractivity contribution >= 4 is 5.91 Å². The fraction of sp³-hybridized carbons (Fsp3) is 0.923. The highest BCUT2D eigenvalue weighted by Crippen LogP contribution is 2.31. The van der Waals surface area contributed by atoms with Crippen molar-refractivity contribution < 1.29 is 4.79 Å². The topological polar surface area (TPSA) is 49.6 Å². The van der Waals surface area contributed by atoms with Gasteiger partial charge in [0.2, 0.25) is 5.91 Å². The van der Waals surface area contributed by atoms with Crippen LogP contribution in [-0.2, 0) is 4.79 Å². The summed E-state index contributed by atoms with van der Waals surface area (Å²) >= 11 is 0. The van der Waals surface area contributed by atoms with E-state index < -0.39 is 0 Å². The number of nitrogens with zero attached hydrogens (tertiary/aromatic N) is 2. The molecule has 1 amide bonds. The quantitative estimate of drug-likeness (QED) is 0.793. The molecule has 4 heteroatoms. The molecule has 0 aliphatic carbocycles. The molecule has 2 saturated heterocycles. The van der Waals surface area contributed by atoms with E-state index in [-0.39, 0.29) is 11.4 Å². The van der Waals surface area contributed by atoms with Gasteiger partial charge in [-0.1, -0.05) is 13.3 Å². The summed E-state index contributed by atoms with van der Waals surface area (Å²) in [4.78, 5) is 16.7. The van der Waals surface area contributed by atoms with Crippen LogP contribution < -0.4 is 5.73 Å². The van der Waals surface area contributed by atoms with Crippen LogP contribution >= 0.6 is 0 Å². The largest absolute Gasteiger partial charge is 0.368 e. The van der Waals surface area contributed by atoms with Gasteiger partial charge in [-0.25, -0.2) is 0 Å². The second-order valence-corrected chi connectivity index (χ2v) is 5.38. The Morgan fingerprint density at radius 1 is 1.12 bits per heavy atom. The molecule has 2 aliphatic heterocycles. The van der Waals surface area contributed by atoms with Crippen LogP contribution in [0.2, 0.25) is 0 Å². The lowest BCUT2D eigenvalue weighted by Crippen LogP contribution is -2.63. The zero-order chi connectivity index (χ0) is 12.3. The third-order valence-electron chi connectivity index (χ3n) is 4.55. The first-order valence-corrected chi connectivity index (χ1v) is 6.96. The molecule has 0 unspecified atom stereocenters. The predicted octanol–water partition coefficient (Wildman–Crippen LogP) is 0.812. The molecule has 0 radical (unpaired) electrons. The van der Waals surface area contributed by atoms with Crippen molar-refractivity contribution in [3.05, 3.63) is 0 Å². The Hall–Kier alpha value is -0.610. The van der Waals surface area contributed by atoms with E-state index in [0.717, 1.165) is 45.6 Å². The van der Waals surface area contributed by atoms with Gasteiger partial charge in [0.25, 0.3) is 0 Å². The van der Waals surface area contributed by atoms with Crippen molar-refractivity contribution in [3.8, 4) is 0 Å². The van der Waals surface area contributed by atoms with Crippen molar-refractivity contribution in [2.24, 2.45) is 5.73 Å². The highest BCUT2D eigenvalue weighted by Gasteiger charge is 2.44. The van der Waals surface area contributed by atoms with E-state index in [4.69, 9.17) is 5.73 Å². The second-order valence-electron chi connectivity index (χ2n) is 5.38. The van der Waals surface area contributed by atoms with Crippen LogP contribution in [-0.4, -0.2) is 54.0 Å². The van der Waals surface area contributed by atoms with E-state index >= 15 is 0 Å². The number of hydrogen-bond acceptors (Lipinski definition) is 3. The highest BCUT2D eigenvalue weighted by molar-refractivity contribution is 5.84. The lowest BCUT2D eigenvalue weighted by molar-refractivity contribution is -0.134. The van der Waals surface area contributed by atoms with Gasteiger partial charge < -0.3 is 10.6 Å². The van der Waals surface area contributed by atoms with Crippen LogP contribution in [0.4, 0.5) is 0 Å². The van der Waals surface area contributed by atoms with Gasteiger partial charge in [-0.05, 0) is 45.3 Å². The number of amides is 1. The molecule has 2 rings (SSSR count). The predicted molar refractivity (Wildman–Crippen MR) is 68.7 cm³/mol. The first-order valence-electron chi connectivity index (χ1n) is 6.96. The number of nitrogens with two attached hydrogens (primary N) is 1. The first kappa shape index (κ1) is 12.8. The van der Waals surface area contributed by atoms with Crippen molar-refractivity contribution in [2.45, 2.75) is 44.6 Å². The molecule has 2 fully saturated rings. The fourth-order valence-corrected chi connectivity index (χ4v) is 3.28. The maximum atomic E-state index is 11.9. The fourth-order valence-electron chi connectivity index (χ4n) is 3.28. The van der Waals surface area contributed by atoms with Crippen molar-refractivity contribution in [1.29, 1.82) is 0 Å². The third kappa shape index (κ3) is 2.47. The maximum absolute atomic E-state index is 11.9. The van der Waals surface area contributed by atoms with E-state index in [2.05, 4.69) is 16.7 Å². The van der Waals surface area contributed by atoms with E-state index in [9.17, 15) is 4.79 Å². The van der Waals surface area contributed by atoms with Gasteiger partial charge in [0, 0.05) is 13.1 Å². The number of likely N-dealkylation sites (tertiary alicyclic amines) is 2. The number of carbonyl (C=O) groups is 1. The van der Waals surface area contributed by atoms with Crippen LogP contribution in [0.3, 0.4) is 0 Å². The van der Waals surface area contributed by atoms with Gasteiger partial charge in [-0.3, -0.25) is 9.69 Å². The number of piperidine rings is 2. The SMILES string of the molecule is CCN1CCC(C(N)=O)(N2CCCCC2)CC1. The van der Waals surface area contributed by atoms with Gasteiger partial charge in [-0.2, -0.15) is 0 Å². The molecule has 2 heterocycles. The number of carbonyl (C=O) groups excluding carboxylic acids is 1. The van der Waals surface area contributed by atoms with Crippen molar-refractivity contribution in [3.63, 3.8) is 0 Å². The Kier molecular flexibility index (Phi) is 4.05. The number of primary amides is 1. The van der Waals surface area contributed by atoms with Gasteiger partial charge >= 0.3 is 0 Å². The first-order chi connectivity index (χ1) is 8.19. The minimum absolute atomic E-state index is 0.102. The maximum Gasteiger partial charge on any atom is 0.238 e. The summed E-state index contributed by atoms with van der Waals surface area (Å²) in [5, 5.41) is 0. The van der Waals surface area contributed by atoms with E-state index in [0.29, 0.717) is 0 Å². The minimum atomic E-state index is -0.341. The summed E-state index contributed by atoms with van der Waals surface area (Å²) < 4.78 is 0. The zero-order valence-electron chi connectivity index (χ0n) is 11.0. The Bertz CT molecular complexity index is 266. The Labute approximate surface area is 104 Å². The van der Waals surface area contributed by atoms with E-state index in [1.165, 1.54) is 19.3 Å². The molecule has 0 saturated carbocycles. The molecule has 98 valence electrons. The van der Waals surface area contributed by atoms with Gasteiger partial charge in [0.15, 0.2) is 0 Å². The average molecular weight is 239 g/mol. The molecular weight excluding hydrogens is 214 g/mol. The molecule has 0 atom stereocenters. The molecule has 2 N–H and O–H groups in total. The summed E-state index contributed by atoms with van der Waals surface area (Å²) in [6, 6.07) is 0. The molecule has 0 aromatic rings.